The molecule has 0 nitrogen and oxygen atoms in total. The van der Waals surface area contributed by atoms with Crippen LogP contribution < -0.4 is 5.30 Å². The Morgan fingerprint density at radius 2 is 1.70 bits per heavy atom. The van der Waals surface area contributed by atoms with Gasteiger partial charge in [-0.15, -0.1) is 8.78 Å². The molecule has 1 aromatic rings. The maximum Gasteiger partial charge on any atom is 0.447 e. The highest BCUT2D eigenvalue weighted by Crippen LogP contribution is 2.02. The van der Waals surface area contributed by atoms with Gasteiger partial charge >= 0.3 is 5.80 Å². The molecule has 1 unspecified atom stereocenters. The highest BCUT2D eigenvalue weighted by molar-refractivity contribution is 7.48. The van der Waals surface area contributed by atoms with Crippen LogP contribution in [0.3, 0.4) is 0 Å². The summed E-state index contributed by atoms with van der Waals surface area (Å²) in [7, 11) is -0.456. The molecule has 0 spiro atoms. The molecule has 10 heavy (non-hydrogen) atoms. The molecule has 3 heteroatoms. The Labute approximate surface area is 59.3 Å². The molecule has 0 saturated carbocycles. The summed E-state index contributed by atoms with van der Waals surface area (Å²) in [4.78, 5) is 0. The first-order valence-electron chi connectivity index (χ1n) is 2.79. The Kier molecular flexibility index (Phi) is 2.52. The molecule has 0 aliphatic carbocycles. The predicted molar refractivity (Wildman–Crippen MR) is 41.6 cm³/mol. The van der Waals surface area contributed by atoms with E-state index in [1.807, 2.05) is 6.07 Å². The van der Waals surface area contributed by atoms with Crippen molar-refractivity contribution in [3.05, 3.63) is 30.3 Å². The molecular formula is C7H6F2P+. The van der Waals surface area contributed by atoms with Gasteiger partial charge in [-0.1, -0.05) is 18.2 Å². The van der Waals surface area contributed by atoms with Gasteiger partial charge < -0.3 is 0 Å². The van der Waals surface area contributed by atoms with E-state index in [1.165, 1.54) is 0 Å². The Morgan fingerprint density at radius 3 is 2.20 bits per heavy atom. The Balaban J connectivity index is 2.87. The van der Waals surface area contributed by atoms with Crippen molar-refractivity contribution in [3.8, 4) is 0 Å². The third-order valence-electron chi connectivity index (χ3n) is 1.01. The van der Waals surface area contributed by atoms with E-state index in [0.717, 1.165) is 0 Å². The summed E-state index contributed by atoms with van der Waals surface area (Å²) in [6.07, 6.45) is 0. The summed E-state index contributed by atoms with van der Waals surface area (Å²) >= 11 is 0. The second kappa shape index (κ2) is 3.43. The van der Waals surface area contributed by atoms with E-state index in [9.17, 15) is 8.78 Å². The normalized spacial score (nSPS) is 9.80. The summed E-state index contributed by atoms with van der Waals surface area (Å²) in [5.74, 6) is -1.51. The molecule has 0 N–H and O–H groups in total. The smallest absolute Gasteiger partial charge is 0.129 e. The molecule has 1 atom stereocenters. The number of rotatable bonds is 1. The summed E-state index contributed by atoms with van der Waals surface area (Å²) in [5.41, 5.74) is 0. The largest absolute Gasteiger partial charge is 0.447 e. The number of benzene rings is 1. The summed E-state index contributed by atoms with van der Waals surface area (Å²) < 4.78 is 23.3. The van der Waals surface area contributed by atoms with E-state index < -0.39 is 14.0 Å². The van der Waals surface area contributed by atoms with Gasteiger partial charge in [0.05, 0.1) is 0 Å². The lowest BCUT2D eigenvalue weighted by atomic mass is 10.4. The Morgan fingerprint density at radius 1 is 1.10 bits per heavy atom. The average molecular weight is 159 g/mol. The van der Waals surface area contributed by atoms with E-state index in [1.54, 1.807) is 24.3 Å². The predicted octanol–water partition coefficient (Wildman–Crippen LogP) is 2.02. The van der Waals surface area contributed by atoms with Crippen LogP contribution in [0.15, 0.2) is 30.3 Å². The quantitative estimate of drug-likeness (QED) is 0.550. The van der Waals surface area contributed by atoms with Crippen LogP contribution in [0.5, 0.6) is 0 Å². The maximum atomic E-state index is 11.6. The van der Waals surface area contributed by atoms with Gasteiger partial charge in [0.1, 0.15) is 0 Å². The van der Waals surface area contributed by atoms with Gasteiger partial charge in [0.2, 0.25) is 0 Å². The van der Waals surface area contributed by atoms with Crippen LogP contribution in [0.1, 0.15) is 0 Å². The van der Waals surface area contributed by atoms with Gasteiger partial charge in [0.25, 0.3) is 0 Å². The summed E-state index contributed by atoms with van der Waals surface area (Å²) in [5, 5.41) is 0.683. The van der Waals surface area contributed by atoms with Gasteiger partial charge in [0.15, 0.2) is 13.5 Å². The lowest BCUT2D eigenvalue weighted by Gasteiger charge is -1.78. The van der Waals surface area contributed by atoms with Crippen molar-refractivity contribution < 1.29 is 8.78 Å². The van der Waals surface area contributed by atoms with Crippen molar-refractivity contribution in [2.75, 3.05) is 0 Å². The van der Waals surface area contributed by atoms with Crippen LogP contribution in [0.2, 0.25) is 0 Å². The van der Waals surface area contributed by atoms with Gasteiger partial charge in [0, 0.05) is 0 Å². The fraction of sp³-hybridized carbons (Fsp3) is 0. The third-order valence-corrected chi connectivity index (χ3v) is 1.82. The average Bonchev–Trinajstić information content (AvgIpc) is 1.88. The molecule has 0 aromatic heterocycles. The second-order valence-electron chi connectivity index (χ2n) is 1.75. The van der Waals surface area contributed by atoms with Crippen molar-refractivity contribution >= 4 is 19.3 Å². The molecule has 0 aliphatic rings. The van der Waals surface area contributed by atoms with Crippen molar-refractivity contribution in [1.29, 1.82) is 0 Å². The van der Waals surface area contributed by atoms with Gasteiger partial charge in [-0.25, -0.2) is 0 Å². The molecule has 0 radical (unpaired) electrons. The van der Waals surface area contributed by atoms with Crippen LogP contribution >= 0.6 is 8.20 Å². The van der Waals surface area contributed by atoms with E-state index in [2.05, 4.69) is 0 Å². The van der Waals surface area contributed by atoms with E-state index in [4.69, 9.17) is 0 Å². The van der Waals surface area contributed by atoms with Crippen LogP contribution in [-0.2, 0) is 0 Å². The zero-order valence-corrected chi connectivity index (χ0v) is 6.14. The minimum atomic E-state index is -1.51. The first-order chi connectivity index (χ1) is 4.79. The highest BCUT2D eigenvalue weighted by atomic mass is 31.1. The topological polar surface area (TPSA) is 0 Å². The standard InChI is InChI=1S/C7H5F2P/c8-7(9)10-6-4-2-1-3-5-6/h1-5H/p+1. The molecule has 0 amide bonds. The molecule has 0 heterocycles. The van der Waals surface area contributed by atoms with Crippen molar-refractivity contribution in [2.45, 2.75) is 0 Å². The number of hydrogen-bond donors (Lipinski definition) is 0. The monoisotopic (exact) mass is 159 g/mol. The lowest BCUT2D eigenvalue weighted by Crippen LogP contribution is -1.88. The van der Waals surface area contributed by atoms with Crippen LogP contribution in [0.25, 0.3) is 0 Å². The summed E-state index contributed by atoms with van der Waals surface area (Å²) in [6, 6.07) is 8.70. The first-order valence-corrected chi connectivity index (χ1v) is 3.79. The van der Waals surface area contributed by atoms with Crippen LogP contribution in [-0.4, -0.2) is 5.80 Å². The Bertz CT molecular complexity index is 227. The fourth-order valence-electron chi connectivity index (χ4n) is 0.631. The zero-order chi connectivity index (χ0) is 7.40. The van der Waals surface area contributed by atoms with E-state index >= 15 is 0 Å². The number of halogens is 2. The van der Waals surface area contributed by atoms with Crippen LogP contribution in [0.4, 0.5) is 8.78 Å². The second-order valence-corrected chi connectivity index (χ2v) is 2.96. The molecule has 0 saturated heterocycles. The zero-order valence-electron chi connectivity index (χ0n) is 5.14. The van der Waals surface area contributed by atoms with E-state index in [0.29, 0.717) is 5.30 Å². The number of hydrogen-bond acceptors (Lipinski definition) is 0. The molecule has 1 aromatic carbocycles. The van der Waals surface area contributed by atoms with Gasteiger partial charge in [-0.05, 0) is 12.1 Å². The molecule has 0 aliphatic heterocycles. The fourth-order valence-corrected chi connectivity index (χ4v) is 1.21. The SMILES string of the molecule is FC(F)=[PH+]c1ccccc1. The molecule has 0 fully saturated rings. The van der Waals surface area contributed by atoms with Gasteiger partial charge in [-0.3, -0.25) is 0 Å². The maximum absolute atomic E-state index is 11.6. The minimum absolute atomic E-state index is 0.456. The Hall–Kier alpha value is -0.750. The van der Waals surface area contributed by atoms with Gasteiger partial charge in [-0.2, -0.15) is 0 Å². The van der Waals surface area contributed by atoms with Crippen molar-refractivity contribution in [2.24, 2.45) is 0 Å². The minimum Gasteiger partial charge on any atom is -0.129 e. The molecule has 1 rings (SSSR count). The molecular weight excluding hydrogens is 153 g/mol. The van der Waals surface area contributed by atoms with Crippen molar-refractivity contribution in [3.63, 3.8) is 0 Å². The highest BCUT2D eigenvalue weighted by Gasteiger charge is 2.01. The molecule has 0 bridgehead atoms. The van der Waals surface area contributed by atoms with Crippen molar-refractivity contribution in [1.82, 2.24) is 0 Å². The molecule has 52 valence electrons. The van der Waals surface area contributed by atoms with Crippen LogP contribution in [0, 0.1) is 0 Å². The summed E-state index contributed by atoms with van der Waals surface area (Å²) in [6.45, 7) is 0. The third kappa shape index (κ3) is 2.24. The first kappa shape index (κ1) is 7.36. The lowest BCUT2D eigenvalue weighted by molar-refractivity contribution is 0.642. The van der Waals surface area contributed by atoms with E-state index in [-0.39, 0.29) is 0 Å².